The number of nitrogens with one attached hydrogen (secondary N) is 1. The van der Waals surface area contributed by atoms with Gasteiger partial charge in [-0.05, 0) is 55.8 Å². The van der Waals surface area contributed by atoms with Crippen LogP contribution in [0.3, 0.4) is 0 Å². The second-order valence-corrected chi connectivity index (χ2v) is 11.6. The molecule has 0 saturated carbocycles. The molecule has 2 aromatic rings. The van der Waals surface area contributed by atoms with Crippen molar-refractivity contribution in [3.8, 4) is 5.75 Å². The monoisotopic (exact) mass is 495 g/mol. The first-order chi connectivity index (χ1) is 15.4. The van der Waals surface area contributed by atoms with Crippen LogP contribution in [0, 0.1) is 0 Å². The molecule has 180 valence electrons. The van der Waals surface area contributed by atoms with Gasteiger partial charge in [0.2, 0.25) is 15.9 Å². The third kappa shape index (κ3) is 4.99. The molecule has 9 nitrogen and oxygen atoms in total. The predicted octanol–water partition coefficient (Wildman–Crippen LogP) is 2.82. The summed E-state index contributed by atoms with van der Waals surface area (Å²) in [5.74, 6) is 0.0950. The van der Waals surface area contributed by atoms with Crippen LogP contribution in [0.4, 0.5) is 11.4 Å². The quantitative estimate of drug-likeness (QED) is 0.572. The van der Waals surface area contributed by atoms with Crippen molar-refractivity contribution in [3.63, 3.8) is 0 Å². The van der Waals surface area contributed by atoms with Crippen molar-refractivity contribution in [1.82, 2.24) is 4.31 Å². The molecule has 3 rings (SSSR count). The fourth-order valence-electron chi connectivity index (χ4n) is 3.64. The summed E-state index contributed by atoms with van der Waals surface area (Å²) in [5, 5.41) is 0. The molecule has 2 aromatic carbocycles. The van der Waals surface area contributed by atoms with Gasteiger partial charge in [0.1, 0.15) is 5.75 Å². The summed E-state index contributed by atoms with van der Waals surface area (Å²) < 4.78 is 61.8. The Morgan fingerprint density at radius 2 is 1.67 bits per heavy atom. The van der Waals surface area contributed by atoms with E-state index in [1.807, 2.05) is 0 Å². The predicted molar refractivity (Wildman–Crippen MR) is 127 cm³/mol. The topological polar surface area (TPSA) is 113 Å². The first-order valence-electron chi connectivity index (χ1n) is 10.6. The largest absolute Gasteiger partial charge is 0.489 e. The Balaban J connectivity index is 2.04. The molecule has 0 spiro atoms. The van der Waals surface area contributed by atoms with E-state index in [1.54, 1.807) is 40.8 Å². The smallest absolute Gasteiger partial charge is 0.262 e. The lowest BCUT2D eigenvalue weighted by Crippen LogP contribution is -2.30. The van der Waals surface area contributed by atoms with Gasteiger partial charge in [0.05, 0.1) is 28.0 Å². The zero-order valence-electron chi connectivity index (χ0n) is 19.3. The molecule has 1 aliphatic rings. The zero-order valence-corrected chi connectivity index (χ0v) is 21.0. The molecule has 0 radical (unpaired) electrons. The van der Waals surface area contributed by atoms with Crippen molar-refractivity contribution in [2.75, 3.05) is 29.8 Å². The van der Waals surface area contributed by atoms with Gasteiger partial charge in [0.25, 0.3) is 10.0 Å². The van der Waals surface area contributed by atoms with E-state index >= 15 is 0 Å². The van der Waals surface area contributed by atoms with Crippen LogP contribution < -0.4 is 14.4 Å². The highest BCUT2D eigenvalue weighted by Gasteiger charge is 2.28. The highest BCUT2D eigenvalue weighted by molar-refractivity contribution is 7.92. The van der Waals surface area contributed by atoms with Crippen LogP contribution in [-0.4, -0.2) is 53.3 Å². The number of ether oxygens (including phenoxy) is 1. The Morgan fingerprint density at radius 1 is 1.03 bits per heavy atom. The molecule has 0 fully saturated rings. The SMILES string of the molecule is CCN(CC)S(=O)(=O)c1ccc(OC(C)C)c(NS(=O)(=O)c2ccc3c(c2)CC(=O)N3C)c1. The summed E-state index contributed by atoms with van der Waals surface area (Å²) in [6.07, 6.45) is -0.144. The van der Waals surface area contributed by atoms with Crippen LogP contribution in [0.25, 0.3) is 0 Å². The fourth-order valence-corrected chi connectivity index (χ4v) is 6.23. The summed E-state index contributed by atoms with van der Waals surface area (Å²) >= 11 is 0. The van der Waals surface area contributed by atoms with E-state index < -0.39 is 20.0 Å². The highest BCUT2D eigenvalue weighted by Crippen LogP contribution is 2.34. The molecular formula is C22H29N3O6S2. The fraction of sp³-hybridized carbons (Fsp3) is 0.409. The molecule has 33 heavy (non-hydrogen) atoms. The second kappa shape index (κ2) is 9.32. The van der Waals surface area contributed by atoms with Crippen molar-refractivity contribution in [1.29, 1.82) is 0 Å². The summed E-state index contributed by atoms with van der Waals surface area (Å²) in [7, 11) is -6.26. The number of fused-ring (bicyclic) bond motifs is 1. The minimum Gasteiger partial charge on any atom is -0.489 e. The van der Waals surface area contributed by atoms with Crippen molar-refractivity contribution < 1.29 is 26.4 Å². The lowest BCUT2D eigenvalue weighted by atomic mass is 10.2. The van der Waals surface area contributed by atoms with E-state index in [-0.39, 0.29) is 52.7 Å². The van der Waals surface area contributed by atoms with Crippen LogP contribution in [-0.2, 0) is 31.3 Å². The molecule has 1 N–H and O–H groups in total. The normalized spacial score (nSPS) is 14.2. The van der Waals surface area contributed by atoms with Crippen molar-refractivity contribution in [2.24, 2.45) is 0 Å². The molecular weight excluding hydrogens is 466 g/mol. The molecule has 1 amide bonds. The molecule has 1 heterocycles. The maximum absolute atomic E-state index is 13.2. The molecule has 0 atom stereocenters. The number of rotatable bonds is 9. The Labute approximate surface area is 195 Å². The van der Waals surface area contributed by atoms with Gasteiger partial charge < -0.3 is 9.64 Å². The van der Waals surface area contributed by atoms with Gasteiger partial charge >= 0.3 is 0 Å². The number of hydrogen-bond donors (Lipinski definition) is 1. The third-order valence-electron chi connectivity index (χ3n) is 5.34. The van der Waals surface area contributed by atoms with E-state index in [4.69, 9.17) is 4.74 Å². The molecule has 1 aliphatic heterocycles. The summed E-state index contributed by atoms with van der Waals surface area (Å²) in [4.78, 5) is 13.4. The number of benzene rings is 2. The minimum absolute atomic E-state index is 0.0191. The standard InChI is InChI=1S/C22H29N3O6S2/c1-6-25(7-2)33(29,30)18-9-11-21(31-15(3)4)19(14-18)23-32(27,28)17-8-10-20-16(12-17)13-22(26)24(20)5/h8-12,14-15,23H,6-7,13H2,1-5H3. The second-order valence-electron chi connectivity index (χ2n) is 7.94. The van der Waals surface area contributed by atoms with Crippen molar-refractivity contribution in [2.45, 2.75) is 50.0 Å². The average Bonchev–Trinajstić information content (AvgIpc) is 3.02. The Bertz CT molecular complexity index is 1270. The summed E-state index contributed by atoms with van der Waals surface area (Å²) in [5.41, 5.74) is 1.29. The van der Waals surface area contributed by atoms with Crippen LogP contribution in [0.2, 0.25) is 0 Å². The van der Waals surface area contributed by atoms with Crippen molar-refractivity contribution in [3.05, 3.63) is 42.0 Å². The maximum atomic E-state index is 13.2. The van der Waals surface area contributed by atoms with Crippen LogP contribution in [0.5, 0.6) is 5.75 Å². The third-order valence-corrected chi connectivity index (χ3v) is 8.75. The summed E-state index contributed by atoms with van der Waals surface area (Å²) in [6.45, 7) is 7.60. The number of hydrogen-bond acceptors (Lipinski definition) is 6. The number of sulfonamides is 2. The lowest BCUT2D eigenvalue weighted by molar-refractivity contribution is -0.117. The number of amides is 1. The van der Waals surface area contributed by atoms with Gasteiger partial charge in [0.15, 0.2) is 0 Å². The maximum Gasteiger partial charge on any atom is 0.262 e. The van der Waals surface area contributed by atoms with Gasteiger partial charge in [-0.25, -0.2) is 16.8 Å². The molecule has 0 saturated heterocycles. The van der Waals surface area contributed by atoms with Gasteiger partial charge in [0, 0.05) is 25.8 Å². The Hall–Kier alpha value is -2.63. The van der Waals surface area contributed by atoms with Gasteiger partial charge in [-0.2, -0.15) is 4.31 Å². The minimum atomic E-state index is -4.09. The van der Waals surface area contributed by atoms with Crippen LogP contribution in [0.15, 0.2) is 46.2 Å². The van der Waals surface area contributed by atoms with Crippen molar-refractivity contribution >= 4 is 37.3 Å². The van der Waals surface area contributed by atoms with Gasteiger partial charge in [-0.15, -0.1) is 0 Å². The van der Waals surface area contributed by atoms with Gasteiger partial charge in [-0.1, -0.05) is 13.8 Å². The van der Waals surface area contributed by atoms with E-state index in [0.717, 1.165) is 0 Å². The van der Waals surface area contributed by atoms with Gasteiger partial charge in [-0.3, -0.25) is 9.52 Å². The molecule has 0 bridgehead atoms. The van der Waals surface area contributed by atoms with E-state index in [1.165, 1.54) is 39.5 Å². The average molecular weight is 496 g/mol. The Morgan fingerprint density at radius 3 is 2.27 bits per heavy atom. The zero-order chi connectivity index (χ0) is 24.6. The highest BCUT2D eigenvalue weighted by atomic mass is 32.2. The number of likely N-dealkylation sites (N-methyl/N-ethyl adjacent to an activating group) is 1. The first-order valence-corrected chi connectivity index (χ1v) is 13.6. The van der Waals surface area contributed by atoms with Crippen LogP contribution in [0.1, 0.15) is 33.3 Å². The van der Waals surface area contributed by atoms with E-state index in [2.05, 4.69) is 4.72 Å². The molecule has 0 unspecified atom stereocenters. The van der Waals surface area contributed by atoms with E-state index in [0.29, 0.717) is 11.3 Å². The molecule has 0 aromatic heterocycles. The lowest BCUT2D eigenvalue weighted by Gasteiger charge is -2.21. The first kappa shape index (κ1) is 25.0. The van der Waals surface area contributed by atoms with E-state index in [9.17, 15) is 21.6 Å². The molecule has 11 heteroatoms. The Kier molecular flexibility index (Phi) is 7.06. The van der Waals surface area contributed by atoms with Crippen LogP contribution >= 0.6 is 0 Å². The number of anilines is 2. The summed E-state index contributed by atoms with van der Waals surface area (Å²) in [6, 6.07) is 8.58. The number of carbonyl (C=O) groups is 1. The number of nitrogens with zero attached hydrogens (tertiary/aromatic N) is 2. The number of carbonyl (C=O) groups excluding carboxylic acids is 1. The molecule has 0 aliphatic carbocycles.